The normalized spacial score (nSPS) is 28.6. The van der Waals surface area contributed by atoms with Crippen LogP contribution in [0.25, 0.3) is 0 Å². The van der Waals surface area contributed by atoms with Gasteiger partial charge in [-0.2, -0.15) is 0 Å². The van der Waals surface area contributed by atoms with Crippen LogP contribution in [0, 0.1) is 23.6 Å². The van der Waals surface area contributed by atoms with E-state index in [0.29, 0.717) is 30.2 Å². The van der Waals surface area contributed by atoms with Gasteiger partial charge in [0.1, 0.15) is 23.9 Å². The number of imide groups is 2. The zero-order valence-electron chi connectivity index (χ0n) is 29.9. The minimum Gasteiger partial charge on any atom is -0.508 e. The maximum Gasteiger partial charge on any atom is 0.258 e. The zero-order valence-corrected chi connectivity index (χ0v) is 31.5. The number of carbonyl (C=O) groups excluding carboxylic acids is 4. The van der Waals surface area contributed by atoms with Crippen LogP contribution in [0.3, 0.4) is 0 Å². The van der Waals surface area contributed by atoms with Gasteiger partial charge in [-0.25, -0.2) is 9.29 Å². The Morgan fingerprint density at radius 3 is 2.14 bits per heavy atom. The summed E-state index contributed by atoms with van der Waals surface area (Å²) < 4.78 is 25.5. The first kappa shape index (κ1) is 36.4. The molecular formula is C43H36Cl2FN3O7. The van der Waals surface area contributed by atoms with E-state index < -0.39 is 57.0 Å². The highest BCUT2D eigenvalue weighted by Gasteiger charge is 2.77. The molecule has 6 unspecified atom stereocenters. The molecule has 4 aromatic rings. The number of hydrogen-bond donors (Lipinski definition) is 1. The molecule has 0 aromatic heterocycles. The number of nitrogens with zero attached hydrogens (tertiary/aromatic N) is 3. The second-order valence-electron chi connectivity index (χ2n) is 14.9. The lowest BCUT2D eigenvalue weighted by Gasteiger charge is -2.50. The first-order valence-electron chi connectivity index (χ1n) is 18.5. The van der Waals surface area contributed by atoms with Crippen molar-refractivity contribution in [2.75, 3.05) is 41.0 Å². The number of fused-ring (bicyclic) bond motifs is 4. The van der Waals surface area contributed by atoms with Crippen molar-refractivity contribution in [2.24, 2.45) is 17.8 Å². The molecule has 10 nitrogen and oxygen atoms in total. The number of aromatic hydroxyl groups is 1. The number of anilines is 3. The van der Waals surface area contributed by atoms with Gasteiger partial charge in [0.25, 0.3) is 11.8 Å². The number of alkyl halides is 2. The Hall–Kier alpha value is -5.23. The van der Waals surface area contributed by atoms with Gasteiger partial charge < -0.3 is 19.5 Å². The van der Waals surface area contributed by atoms with E-state index in [1.165, 1.54) is 23.1 Å². The number of halogens is 3. The predicted octanol–water partition coefficient (Wildman–Crippen LogP) is 6.71. The van der Waals surface area contributed by atoms with Crippen molar-refractivity contribution in [3.8, 4) is 11.5 Å². The summed E-state index contributed by atoms with van der Waals surface area (Å²) in [4.78, 5) is 57.9. The highest BCUT2D eigenvalue weighted by Crippen LogP contribution is 2.66. The number of allylic oxidation sites excluding steroid dienone is 2. The topological polar surface area (TPSA) is 117 Å². The molecule has 0 spiro atoms. The monoisotopic (exact) mass is 795 g/mol. The maximum absolute atomic E-state index is 14.7. The third-order valence-corrected chi connectivity index (χ3v) is 13.4. The van der Waals surface area contributed by atoms with Crippen molar-refractivity contribution < 1.29 is 38.1 Å². The van der Waals surface area contributed by atoms with E-state index >= 15 is 0 Å². The van der Waals surface area contributed by atoms with Crippen LogP contribution >= 0.6 is 23.2 Å². The van der Waals surface area contributed by atoms with Crippen LogP contribution in [-0.2, 0) is 30.5 Å². The van der Waals surface area contributed by atoms with Crippen molar-refractivity contribution in [2.45, 2.75) is 35.1 Å². The molecule has 4 fully saturated rings. The average Bonchev–Trinajstić information content (AvgIpc) is 3.56. The van der Waals surface area contributed by atoms with E-state index in [2.05, 4.69) is 4.90 Å². The van der Waals surface area contributed by atoms with Gasteiger partial charge in [0, 0.05) is 36.3 Å². The third-order valence-electron chi connectivity index (χ3n) is 11.9. The standard InChI is InChI=1S/C43H36Cl2FN3O7/c44-42-23-34-31(16-17-33-36(34)39(52)48(38(33)51)28-12-10-27(11-13-28)47-18-20-55-21-19-47)37(32-15-14-30(22-35(32)50)56-24-25-4-2-1-3-5-25)43(42,45)41(54)49(40(42)53)29-8-6-26(46)7-9-29/h1-16,22,33-34,36-37,50H,17-21,23-24H2. The van der Waals surface area contributed by atoms with Crippen molar-refractivity contribution in [1.29, 1.82) is 0 Å². The quantitative estimate of drug-likeness (QED) is 0.125. The number of carbonyl (C=O) groups is 4. The van der Waals surface area contributed by atoms with Crippen LogP contribution in [0.15, 0.2) is 109 Å². The molecule has 3 aliphatic heterocycles. The van der Waals surface area contributed by atoms with Crippen molar-refractivity contribution in [3.05, 3.63) is 126 Å². The van der Waals surface area contributed by atoms with Crippen molar-refractivity contribution >= 4 is 63.9 Å². The lowest BCUT2D eigenvalue weighted by atomic mass is 9.56. The molecule has 286 valence electrons. The van der Waals surface area contributed by atoms with Gasteiger partial charge >= 0.3 is 0 Å². The number of phenolic OH excluding ortho intramolecular Hbond substituents is 1. The summed E-state index contributed by atoms with van der Waals surface area (Å²) in [5.74, 6) is -6.72. The molecule has 2 aliphatic carbocycles. The second-order valence-corrected chi connectivity index (χ2v) is 16.1. The molecule has 6 atom stereocenters. The highest BCUT2D eigenvalue weighted by atomic mass is 35.5. The minimum atomic E-state index is -2.19. The molecule has 4 aromatic carbocycles. The number of benzene rings is 4. The summed E-state index contributed by atoms with van der Waals surface area (Å²) in [6.07, 6.45) is 1.72. The maximum atomic E-state index is 14.7. The number of amides is 4. The Morgan fingerprint density at radius 2 is 1.45 bits per heavy atom. The Morgan fingerprint density at radius 1 is 0.786 bits per heavy atom. The molecular weight excluding hydrogens is 760 g/mol. The molecule has 3 saturated heterocycles. The Kier molecular flexibility index (Phi) is 8.94. The van der Waals surface area contributed by atoms with E-state index in [4.69, 9.17) is 32.7 Å². The van der Waals surface area contributed by atoms with E-state index in [1.807, 2.05) is 48.5 Å². The fraction of sp³-hybridized carbons (Fsp3) is 0.302. The molecule has 13 heteroatoms. The lowest BCUT2D eigenvalue weighted by molar-refractivity contribution is -0.125. The minimum absolute atomic E-state index is 0.0668. The van der Waals surface area contributed by atoms with Crippen LogP contribution in [0.4, 0.5) is 21.5 Å². The SMILES string of the molecule is O=C1C2CC=C3C(CC4(Cl)C(=O)N(c5ccc(F)cc5)C(=O)C4(Cl)C3c3ccc(OCc4ccccc4)cc3O)C2C(=O)N1c1ccc(N2CCOCC2)cc1. The summed E-state index contributed by atoms with van der Waals surface area (Å²) in [6.45, 7) is 2.90. The van der Waals surface area contributed by atoms with E-state index in [-0.39, 0.29) is 42.4 Å². The molecule has 3 heterocycles. The van der Waals surface area contributed by atoms with Gasteiger partial charge in [-0.1, -0.05) is 48.0 Å². The smallest absolute Gasteiger partial charge is 0.258 e. The van der Waals surface area contributed by atoms with Gasteiger partial charge in [-0.05, 0) is 78.9 Å². The fourth-order valence-electron chi connectivity index (χ4n) is 9.23. The third kappa shape index (κ3) is 5.54. The number of morpholine rings is 1. The van der Waals surface area contributed by atoms with Crippen LogP contribution in [-0.4, -0.2) is 64.8 Å². The Labute approximate surface area is 332 Å². The summed E-state index contributed by atoms with van der Waals surface area (Å²) in [5.41, 5.74) is 3.07. The summed E-state index contributed by atoms with van der Waals surface area (Å²) >= 11 is 15.0. The zero-order chi connectivity index (χ0) is 38.9. The van der Waals surface area contributed by atoms with Crippen LogP contribution < -0.4 is 19.4 Å². The van der Waals surface area contributed by atoms with E-state index in [9.17, 15) is 28.7 Å². The fourth-order valence-corrected chi connectivity index (χ4v) is 10.2. The van der Waals surface area contributed by atoms with Crippen LogP contribution in [0.2, 0.25) is 0 Å². The number of ether oxygens (including phenoxy) is 2. The van der Waals surface area contributed by atoms with Gasteiger partial charge in [0.05, 0.1) is 36.4 Å². The molecule has 0 bridgehead atoms. The van der Waals surface area contributed by atoms with Crippen LogP contribution in [0.5, 0.6) is 11.5 Å². The molecule has 56 heavy (non-hydrogen) atoms. The number of phenols is 1. The first-order chi connectivity index (χ1) is 27.0. The molecule has 5 aliphatic rings. The van der Waals surface area contributed by atoms with Crippen LogP contribution in [0.1, 0.15) is 29.9 Å². The van der Waals surface area contributed by atoms with Gasteiger partial charge in [-0.3, -0.25) is 24.1 Å². The number of rotatable bonds is 7. The summed E-state index contributed by atoms with van der Waals surface area (Å²) in [5, 5.41) is 11.7. The second kappa shape index (κ2) is 13.8. The number of hydrogen-bond acceptors (Lipinski definition) is 8. The lowest BCUT2D eigenvalue weighted by Crippen LogP contribution is -2.60. The first-order valence-corrected chi connectivity index (χ1v) is 19.3. The summed E-state index contributed by atoms with van der Waals surface area (Å²) in [6, 6.07) is 26.2. The van der Waals surface area contributed by atoms with E-state index in [1.54, 1.807) is 24.3 Å². The molecule has 1 saturated carbocycles. The molecule has 0 radical (unpaired) electrons. The Bertz CT molecular complexity index is 2280. The van der Waals surface area contributed by atoms with Crippen molar-refractivity contribution in [3.63, 3.8) is 0 Å². The Balaban J connectivity index is 1.11. The molecule has 4 amide bonds. The van der Waals surface area contributed by atoms with Gasteiger partial charge in [0.15, 0.2) is 9.75 Å². The van der Waals surface area contributed by atoms with E-state index in [0.717, 1.165) is 41.4 Å². The summed E-state index contributed by atoms with van der Waals surface area (Å²) in [7, 11) is 0. The molecule has 1 N–H and O–H groups in total. The van der Waals surface area contributed by atoms with Gasteiger partial charge in [-0.15, -0.1) is 23.2 Å². The largest absolute Gasteiger partial charge is 0.508 e. The average molecular weight is 797 g/mol. The van der Waals surface area contributed by atoms with Crippen molar-refractivity contribution in [1.82, 2.24) is 0 Å². The molecule has 9 rings (SSSR count). The predicted molar refractivity (Wildman–Crippen MR) is 207 cm³/mol. The van der Waals surface area contributed by atoms with Gasteiger partial charge in [0.2, 0.25) is 11.8 Å². The highest BCUT2D eigenvalue weighted by molar-refractivity contribution is 6.58.